The summed E-state index contributed by atoms with van der Waals surface area (Å²) in [4.78, 5) is 24.6. The van der Waals surface area contributed by atoms with Gasteiger partial charge in [0, 0.05) is 29.3 Å². The zero-order chi connectivity index (χ0) is 15.3. The number of nitrogens with zero attached hydrogens (tertiary/aromatic N) is 1. The van der Waals surface area contributed by atoms with Gasteiger partial charge in [0.1, 0.15) is 0 Å². The summed E-state index contributed by atoms with van der Waals surface area (Å²) in [6.45, 7) is 1.93. The van der Waals surface area contributed by atoms with Gasteiger partial charge in [0.15, 0.2) is 0 Å². The molecule has 0 saturated carbocycles. The van der Waals surface area contributed by atoms with E-state index >= 15 is 0 Å². The standard InChI is InChI=1S/C13H16Cl2N2O3/c1-8(12(18)20-3)7-17(2)13(19)16-11-5-9(14)4-10(15)6-11/h4-6,8H,7H2,1-3H3,(H,16,19). The van der Waals surface area contributed by atoms with Crippen LogP contribution in [0.25, 0.3) is 0 Å². The fraction of sp³-hybridized carbons (Fsp3) is 0.385. The van der Waals surface area contributed by atoms with Crippen LogP contribution >= 0.6 is 23.2 Å². The first-order valence-corrected chi connectivity index (χ1v) is 6.65. The predicted octanol–water partition coefficient (Wildman–Crippen LogP) is 3.27. The van der Waals surface area contributed by atoms with Gasteiger partial charge in [0.05, 0.1) is 13.0 Å². The van der Waals surface area contributed by atoms with Gasteiger partial charge in [-0.1, -0.05) is 30.1 Å². The molecule has 110 valence electrons. The van der Waals surface area contributed by atoms with E-state index in [2.05, 4.69) is 10.1 Å². The van der Waals surface area contributed by atoms with Crippen molar-refractivity contribution in [3.63, 3.8) is 0 Å². The van der Waals surface area contributed by atoms with E-state index in [9.17, 15) is 9.59 Å². The lowest BCUT2D eigenvalue weighted by Gasteiger charge is -2.20. The van der Waals surface area contributed by atoms with Crippen LogP contribution in [0.4, 0.5) is 10.5 Å². The Balaban J connectivity index is 2.63. The Hall–Kier alpha value is -1.46. The number of anilines is 1. The lowest BCUT2D eigenvalue weighted by Crippen LogP contribution is -2.37. The summed E-state index contributed by atoms with van der Waals surface area (Å²) in [5.41, 5.74) is 0.491. The van der Waals surface area contributed by atoms with Gasteiger partial charge in [0.2, 0.25) is 0 Å². The molecule has 1 aromatic carbocycles. The van der Waals surface area contributed by atoms with E-state index in [1.165, 1.54) is 12.0 Å². The molecule has 0 aliphatic carbocycles. The SMILES string of the molecule is COC(=O)C(C)CN(C)C(=O)Nc1cc(Cl)cc(Cl)c1. The van der Waals surface area contributed by atoms with Crippen LogP contribution in [0.1, 0.15) is 6.92 Å². The maximum Gasteiger partial charge on any atom is 0.321 e. The van der Waals surface area contributed by atoms with E-state index in [0.29, 0.717) is 15.7 Å². The topological polar surface area (TPSA) is 58.6 Å². The highest BCUT2D eigenvalue weighted by Gasteiger charge is 2.18. The van der Waals surface area contributed by atoms with Crippen molar-refractivity contribution >= 4 is 40.9 Å². The van der Waals surface area contributed by atoms with Crippen LogP contribution in [-0.4, -0.2) is 37.6 Å². The Morgan fingerprint density at radius 3 is 2.35 bits per heavy atom. The molecule has 0 radical (unpaired) electrons. The molecule has 0 heterocycles. The number of ether oxygens (including phenoxy) is 1. The Morgan fingerprint density at radius 2 is 1.85 bits per heavy atom. The van der Waals surface area contributed by atoms with Gasteiger partial charge in [-0.25, -0.2) is 4.79 Å². The van der Waals surface area contributed by atoms with Crippen molar-refractivity contribution in [2.45, 2.75) is 6.92 Å². The van der Waals surface area contributed by atoms with Gasteiger partial charge in [-0.2, -0.15) is 0 Å². The fourth-order valence-electron chi connectivity index (χ4n) is 1.61. The normalized spacial score (nSPS) is 11.7. The summed E-state index contributed by atoms with van der Waals surface area (Å²) in [5.74, 6) is -0.769. The number of carbonyl (C=O) groups is 2. The van der Waals surface area contributed by atoms with Crippen LogP contribution in [-0.2, 0) is 9.53 Å². The molecule has 0 bridgehead atoms. The number of carbonyl (C=O) groups excluding carboxylic acids is 2. The highest BCUT2D eigenvalue weighted by molar-refractivity contribution is 6.35. The number of halogens is 2. The first-order valence-electron chi connectivity index (χ1n) is 5.89. The first-order chi connectivity index (χ1) is 9.33. The van der Waals surface area contributed by atoms with Crippen LogP contribution in [0, 0.1) is 5.92 Å². The third-order valence-corrected chi connectivity index (χ3v) is 3.05. The molecule has 1 aromatic rings. The second kappa shape index (κ2) is 7.36. The summed E-state index contributed by atoms with van der Waals surface area (Å²) in [5, 5.41) is 3.51. The maximum atomic E-state index is 12.0. The minimum Gasteiger partial charge on any atom is -0.469 e. The zero-order valence-electron chi connectivity index (χ0n) is 11.4. The minimum absolute atomic E-state index is 0.243. The molecule has 7 heteroatoms. The Kier molecular flexibility index (Phi) is 6.10. The third-order valence-electron chi connectivity index (χ3n) is 2.61. The number of amides is 2. The molecular weight excluding hydrogens is 303 g/mol. The Labute approximate surface area is 127 Å². The lowest BCUT2D eigenvalue weighted by atomic mass is 10.2. The highest BCUT2D eigenvalue weighted by Crippen LogP contribution is 2.22. The first kappa shape index (κ1) is 16.6. The third kappa shape index (κ3) is 4.90. The highest BCUT2D eigenvalue weighted by atomic mass is 35.5. The van der Waals surface area contributed by atoms with Crippen molar-refractivity contribution in [2.75, 3.05) is 26.0 Å². The van der Waals surface area contributed by atoms with Gasteiger partial charge >= 0.3 is 12.0 Å². The summed E-state index contributed by atoms with van der Waals surface area (Å²) < 4.78 is 4.61. The molecule has 0 aliphatic rings. The van der Waals surface area contributed by atoms with Crippen molar-refractivity contribution in [1.82, 2.24) is 4.90 Å². The molecule has 0 spiro atoms. The maximum absolute atomic E-state index is 12.0. The van der Waals surface area contributed by atoms with Gasteiger partial charge in [-0.05, 0) is 18.2 Å². The van der Waals surface area contributed by atoms with Crippen molar-refractivity contribution in [2.24, 2.45) is 5.92 Å². The smallest absolute Gasteiger partial charge is 0.321 e. The number of esters is 1. The van der Waals surface area contributed by atoms with Gasteiger partial charge in [0.25, 0.3) is 0 Å². The van der Waals surface area contributed by atoms with E-state index in [-0.39, 0.29) is 18.5 Å². The molecule has 20 heavy (non-hydrogen) atoms. The summed E-state index contributed by atoms with van der Waals surface area (Å²) in [6, 6.07) is 4.38. The quantitative estimate of drug-likeness (QED) is 0.867. The van der Waals surface area contributed by atoms with E-state index in [1.807, 2.05) is 0 Å². The van der Waals surface area contributed by atoms with Crippen molar-refractivity contribution < 1.29 is 14.3 Å². The fourth-order valence-corrected chi connectivity index (χ4v) is 2.14. The second-order valence-electron chi connectivity index (χ2n) is 4.39. The number of hydrogen-bond acceptors (Lipinski definition) is 3. The minimum atomic E-state index is -0.404. The van der Waals surface area contributed by atoms with Gasteiger partial charge in [-0.3, -0.25) is 4.79 Å². The molecule has 0 aliphatic heterocycles. The average molecular weight is 319 g/mol. The lowest BCUT2D eigenvalue weighted by molar-refractivity contribution is -0.145. The molecule has 0 aromatic heterocycles. The van der Waals surface area contributed by atoms with Crippen LogP contribution in [0.5, 0.6) is 0 Å². The monoisotopic (exact) mass is 318 g/mol. The summed E-state index contributed by atoms with van der Waals surface area (Å²) in [7, 11) is 2.90. The Bertz CT molecular complexity index is 488. The molecule has 1 unspecified atom stereocenters. The summed E-state index contributed by atoms with van der Waals surface area (Å²) in [6.07, 6.45) is 0. The molecule has 1 rings (SSSR count). The van der Waals surface area contributed by atoms with E-state index in [1.54, 1.807) is 32.2 Å². The molecule has 0 fully saturated rings. The molecule has 0 saturated heterocycles. The van der Waals surface area contributed by atoms with Crippen molar-refractivity contribution in [3.05, 3.63) is 28.2 Å². The van der Waals surface area contributed by atoms with E-state index < -0.39 is 5.92 Å². The van der Waals surface area contributed by atoms with E-state index in [4.69, 9.17) is 23.2 Å². The molecule has 5 nitrogen and oxygen atoms in total. The molecular formula is C13H16Cl2N2O3. The molecule has 2 amide bonds. The molecule has 1 atom stereocenters. The van der Waals surface area contributed by atoms with E-state index in [0.717, 1.165) is 0 Å². The van der Waals surface area contributed by atoms with Gasteiger partial charge < -0.3 is 15.0 Å². The van der Waals surface area contributed by atoms with Crippen LogP contribution < -0.4 is 5.32 Å². The number of nitrogens with one attached hydrogen (secondary N) is 1. The van der Waals surface area contributed by atoms with Crippen LogP contribution in [0.15, 0.2) is 18.2 Å². The number of methoxy groups -OCH3 is 1. The second-order valence-corrected chi connectivity index (χ2v) is 5.27. The number of benzene rings is 1. The van der Waals surface area contributed by atoms with Gasteiger partial charge in [-0.15, -0.1) is 0 Å². The largest absolute Gasteiger partial charge is 0.469 e. The predicted molar refractivity (Wildman–Crippen MR) is 79.3 cm³/mol. The number of urea groups is 1. The average Bonchev–Trinajstić information content (AvgIpc) is 2.36. The van der Waals surface area contributed by atoms with Crippen molar-refractivity contribution in [3.8, 4) is 0 Å². The zero-order valence-corrected chi connectivity index (χ0v) is 13.0. The van der Waals surface area contributed by atoms with Crippen LogP contribution in [0.3, 0.4) is 0 Å². The summed E-state index contributed by atoms with van der Waals surface area (Å²) >= 11 is 11.7. The van der Waals surface area contributed by atoms with Crippen molar-refractivity contribution in [1.29, 1.82) is 0 Å². The number of rotatable bonds is 4. The molecule has 1 N–H and O–H groups in total. The van der Waals surface area contributed by atoms with Crippen LogP contribution in [0.2, 0.25) is 10.0 Å². The Morgan fingerprint density at radius 1 is 1.30 bits per heavy atom. The number of hydrogen-bond donors (Lipinski definition) is 1.